The van der Waals surface area contributed by atoms with Crippen LogP contribution in [0.1, 0.15) is 24.2 Å². The molecule has 38 heavy (non-hydrogen) atoms. The van der Waals surface area contributed by atoms with Gasteiger partial charge in [-0.3, -0.25) is 5.10 Å². The molecule has 0 bridgehead atoms. The summed E-state index contributed by atoms with van der Waals surface area (Å²) in [5, 5.41) is 13.0. The van der Waals surface area contributed by atoms with E-state index in [-0.39, 0.29) is 12.6 Å². The molecule has 1 aliphatic rings. The number of aryl methyl sites for hydroxylation is 1. The van der Waals surface area contributed by atoms with E-state index in [1.807, 2.05) is 25.1 Å². The molecular weight excluding hydrogens is 508 g/mol. The molecule has 0 radical (unpaired) electrons. The van der Waals surface area contributed by atoms with Gasteiger partial charge in [-0.1, -0.05) is 12.1 Å². The Bertz CT molecular complexity index is 1740. The highest BCUT2D eigenvalue weighted by Gasteiger charge is 2.27. The van der Waals surface area contributed by atoms with Crippen LogP contribution in [0.2, 0.25) is 0 Å². The van der Waals surface area contributed by atoms with Gasteiger partial charge < -0.3 is 10.5 Å². The third kappa shape index (κ3) is 4.41. The van der Waals surface area contributed by atoms with Crippen molar-refractivity contribution >= 4 is 37.8 Å². The number of nitrogens with zero attached hydrogens (tertiary/aromatic N) is 8. The summed E-state index contributed by atoms with van der Waals surface area (Å²) in [5.41, 5.74) is 9.86. The summed E-state index contributed by atoms with van der Waals surface area (Å²) in [5.74, 6) is 1.28. The number of nitrogen functional groups attached to an aromatic ring is 1. The highest BCUT2D eigenvalue weighted by molar-refractivity contribution is 7.88. The number of nitrogens with two attached hydrogens (primary N) is 1. The molecule has 4 aromatic heterocycles. The lowest BCUT2D eigenvalue weighted by atomic mass is 10.1. The van der Waals surface area contributed by atoms with Crippen molar-refractivity contribution in [2.24, 2.45) is 0 Å². The monoisotopic (exact) mass is 534 g/mol. The summed E-state index contributed by atoms with van der Waals surface area (Å²) in [6, 6.07) is 5.85. The predicted molar refractivity (Wildman–Crippen MR) is 141 cm³/mol. The van der Waals surface area contributed by atoms with E-state index in [9.17, 15) is 8.42 Å². The Morgan fingerprint density at radius 2 is 1.97 bits per heavy atom. The average Bonchev–Trinajstić information content (AvgIpc) is 3.53. The van der Waals surface area contributed by atoms with Gasteiger partial charge in [0.1, 0.15) is 30.5 Å². The number of hydrogen-bond acceptors (Lipinski definition) is 10. The van der Waals surface area contributed by atoms with Crippen molar-refractivity contribution in [2.75, 3.05) is 25.1 Å². The third-order valence-electron chi connectivity index (χ3n) is 6.71. The number of H-pyrrole nitrogens is 1. The van der Waals surface area contributed by atoms with Crippen LogP contribution in [0.15, 0.2) is 36.9 Å². The molecule has 14 heteroatoms. The van der Waals surface area contributed by atoms with Crippen LogP contribution in [0.5, 0.6) is 5.88 Å². The Kier molecular flexibility index (Phi) is 5.91. The SMILES string of the molecule is Cc1cccc2nc(Cn3nc(-c4cn[nH]c4)c4c(N)ncnc43)nc(OC3CCN(S(C)(=O)=O)CC3)c12. The Morgan fingerprint density at radius 1 is 1.16 bits per heavy atom. The first kappa shape index (κ1) is 24.2. The van der Waals surface area contributed by atoms with Gasteiger partial charge in [-0.15, -0.1) is 0 Å². The quantitative estimate of drug-likeness (QED) is 0.328. The molecule has 5 aromatic rings. The van der Waals surface area contributed by atoms with Crippen LogP contribution in [0.4, 0.5) is 5.82 Å². The number of aromatic nitrogens is 8. The fraction of sp³-hybridized carbons (Fsp3) is 0.333. The summed E-state index contributed by atoms with van der Waals surface area (Å²) in [4.78, 5) is 18.2. The topological polar surface area (TPSA) is 171 Å². The maximum atomic E-state index is 11.9. The molecule has 1 aromatic carbocycles. The van der Waals surface area contributed by atoms with Gasteiger partial charge in [-0.25, -0.2) is 32.4 Å². The first-order chi connectivity index (χ1) is 18.3. The lowest BCUT2D eigenvalue weighted by Crippen LogP contribution is -2.41. The number of benzene rings is 1. The van der Waals surface area contributed by atoms with E-state index in [2.05, 4.69) is 20.2 Å². The Labute approximate surface area is 218 Å². The van der Waals surface area contributed by atoms with Gasteiger partial charge in [0.2, 0.25) is 15.9 Å². The molecule has 1 fully saturated rings. The van der Waals surface area contributed by atoms with E-state index in [0.29, 0.717) is 60.2 Å². The van der Waals surface area contributed by atoms with Crippen molar-refractivity contribution < 1.29 is 13.2 Å². The van der Waals surface area contributed by atoms with E-state index >= 15 is 0 Å². The minimum Gasteiger partial charge on any atom is -0.474 e. The van der Waals surface area contributed by atoms with Crippen LogP contribution in [-0.4, -0.2) is 78.1 Å². The van der Waals surface area contributed by atoms with E-state index in [1.54, 1.807) is 17.1 Å². The van der Waals surface area contributed by atoms with E-state index in [1.165, 1.54) is 16.9 Å². The number of anilines is 1. The number of aromatic amines is 1. The number of ether oxygens (including phenoxy) is 1. The molecule has 5 heterocycles. The lowest BCUT2D eigenvalue weighted by Gasteiger charge is -2.30. The fourth-order valence-corrected chi connectivity index (χ4v) is 5.69. The van der Waals surface area contributed by atoms with Gasteiger partial charge in [0, 0.05) is 24.8 Å². The van der Waals surface area contributed by atoms with Crippen LogP contribution in [0.3, 0.4) is 0 Å². The average molecular weight is 535 g/mol. The summed E-state index contributed by atoms with van der Waals surface area (Å²) in [7, 11) is -3.22. The number of fused-ring (bicyclic) bond motifs is 2. The van der Waals surface area contributed by atoms with Crippen molar-refractivity contribution in [3.63, 3.8) is 0 Å². The molecule has 3 N–H and O–H groups in total. The van der Waals surface area contributed by atoms with Gasteiger partial charge in [0.15, 0.2) is 11.5 Å². The van der Waals surface area contributed by atoms with Gasteiger partial charge in [0.05, 0.1) is 28.7 Å². The molecule has 0 aliphatic carbocycles. The maximum Gasteiger partial charge on any atom is 0.225 e. The van der Waals surface area contributed by atoms with Crippen molar-refractivity contribution in [2.45, 2.75) is 32.4 Å². The number of nitrogens with one attached hydrogen (secondary N) is 1. The number of piperidine rings is 1. The molecule has 196 valence electrons. The minimum absolute atomic E-state index is 0.163. The number of rotatable bonds is 6. The number of sulfonamides is 1. The summed E-state index contributed by atoms with van der Waals surface area (Å²) in [6.45, 7) is 3.03. The molecule has 1 aliphatic heterocycles. The van der Waals surface area contributed by atoms with Gasteiger partial charge >= 0.3 is 0 Å². The highest BCUT2D eigenvalue weighted by atomic mass is 32.2. The van der Waals surface area contributed by atoms with Gasteiger partial charge in [-0.2, -0.15) is 15.2 Å². The van der Waals surface area contributed by atoms with Crippen LogP contribution in [-0.2, 0) is 16.6 Å². The van der Waals surface area contributed by atoms with Gasteiger partial charge in [-0.05, 0) is 31.4 Å². The van der Waals surface area contributed by atoms with Crippen LogP contribution in [0.25, 0.3) is 33.2 Å². The second kappa shape index (κ2) is 9.29. The van der Waals surface area contributed by atoms with Crippen molar-refractivity contribution in [3.8, 4) is 17.1 Å². The number of hydrogen-bond donors (Lipinski definition) is 2. The van der Waals surface area contributed by atoms with Crippen LogP contribution < -0.4 is 10.5 Å². The van der Waals surface area contributed by atoms with Crippen molar-refractivity contribution in [3.05, 3.63) is 48.3 Å². The van der Waals surface area contributed by atoms with Gasteiger partial charge in [0.25, 0.3) is 0 Å². The fourth-order valence-electron chi connectivity index (χ4n) is 4.81. The molecular formula is C24H26N10O3S. The molecule has 0 spiro atoms. The zero-order chi connectivity index (χ0) is 26.4. The lowest BCUT2D eigenvalue weighted by molar-refractivity contribution is 0.131. The summed E-state index contributed by atoms with van der Waals surface area (Å²) in [6.07, 6.45) is 7.02. The van der Waals surface area contributed by atoms with E-state index in [0.717, 1.165) is 22.0 Å². The summed E-state index contributed by atoms with van der Waals surface area (Å²) >= 11 is 0. The maximum absolute atomic E-state index is 11.9. The molecule has 0 atom stereocenters. The Morgan fingerprint density at radius 3 is 2.71 bits per heavy atom. The zero-order valence-electron chi connectivity index (χ0n) is 20.9. The second-order valence-electron chi connectivity index (χ2n) is 9.34. The van der Waals surface area contributed by atoms with E-state index < -0.39 is 10.0 Å². The normalized spacial score (nSPS) is 15.4. The smallest absolute Gasteiger partial charge is 0.225 e. The summed E-state index contributed by atoms with van der Waals surface area (Å²) < 4.78 is 33.4. The van der Waals surface area contributed by atoms with E-state index in [4.69, 9.17) is 25.5 Å². The van der Waals surface area contributed by atoms with Crippen molar-refractivity contribution in [1.82, 2.24) is 44.2 Å². The second-order valence-corrected chi connectivity index (χ2v) is 11.3. The van der Waals surface area contributed by atoms with Crippen molar-refractivity contribution in [1.29, 1.82) is 0 Å². The largest absolute Gasteiger partial charge is 0.474 e. The predicted octanol–water partition coefficient (Wildman–Crippen LogP) is 1.90. The standard InChI is InChI=1S/C24H26N10O3S/c1-14-4-3-5-17-19(14)24(37-16-6-8-33(9-7-16)38(2,35)36)31-18(30-17)12-34-23-20(22(25)26-13-27-23)21(32-34)15-10-28-29-11-15/h3-5,10-11,13,16H,6-9,12H2,1-2H3,(H,28,29)(H2,25,26,27). The first-order valence-electron chi connectivity index (χ1n) is 12.1. The molecule has 1 saturated heterocycles. The molecule has 0 saturated carbocycles. The van der Waals surface area contributed by atoms with Crippen LogP contribution >= 0.6 is 0 Å². The Balaban J connectivity index is 1.37. The zero-order valence-corrected chi connectivity index (χ0v) is 21.7. The molecule has 13 nitrogen and oxygen atoms in total. The highest BCUT2D eigenvalue weighted by Crippen LogP contribution is 2.31. The molecule has 0 unspecified atom stereocenters. The third-order valence-corrected chi connectivity index (χ3v) is 8.02. The van der Waals surface area contributed by atoms with Crippen LogP contribution in [0, 0.1) is 6.92 Å². The first-order valence-corrected chi connectivity index (χ1v) is 14.0. The minimum atomic E-state index is -3.22. The Hall–Kier alpha value is -4.17. The molecule has 0 amide bonds. The molecule has 6 rings (SSSR count).